The molecule has 0 unspecified atom stereocenters. The van der Waals surface area contributed by atoms with Gasteiger partial charge in [-0.05, 0) is 6.54 Å². The van der Waals surface area contributed by atoms with Crippen molar-refractivity contribution >= 4 is 22.1 Å². The standard InChI is InChI=1S/C12H20N4OS/c1-4-13-9-10-11(15(2)5-7-17-3)14-12-16(10)6-8-18-12/h6,8,13H,4-5,7,9H2,1-3H3. The first-order valence-electron chi connectivity index (χ1n) is 6.13. The zero-order valence-corrected chi connectivity index (χ0v) is 12.0. The molecule has 0 saturated carbocycles. The summed E-state index contributed by atoms with van der Waals surface area (Å²) < 4.78 is 7.28. The Hall–Kier alpha value is -1.11. The molecule has 0 saturated heterocycles. The van der Waals surface area contributed by atoms with Crippen LogP contribution in [0.5, 0.6) is 0 Å². The minimum Gasteiger partial charge on any atom is -0.383 e. The number of nitrogens with zero attached hydrogens (tertiary/aromatic N) is 3. The first-order chi connectivity index (χ1) is 8.77. The monoisotopic (exact) mass is 268 g/mol. The SMILES string of the molecule is CCNCc1c(N(C)CCOC)nc2sccn12. The van der Waals surface area contributed by atoms with Gasteiger partial charge in [0.25, 0.3) is 0 Å². The lowest BCUT2D eigenvalue weighted by Gasteiger charge is -2.17. The molecule has 18 heavy (non-hydrogen) atoms. The average molecular weight is 268 g/mol. The number of rotatable bonds is 7. The highest BCUT2D eigenvalue weighted by Crippen LogP contribution is 2.23. The summed E-state index contributed by atoms with van der Waals surface area (Å²) >= 11 is 1.66. The fourth-order valence-electron chi connectivity index (χ4n) is 1.87. The Morgan fingerprint density at radius 1 is 1.56 bits per heavy atom. The van der Waals surface area contributed by atoms with Crippen molar-refractivity contribution in [1.82, 2.24) is 14.7 Å². The zero-order valence-electron chi connectivity index (χ0n) is 11.1. The van der Waals surface area contributed by atoms with Crippen LogP contribution in [0.15, 0.2) is 11.6 Å². The van der Waals surface area contributed by atoms with Crippen molar-refractivity contribution in [2.24, 2.45) is 0 Å². The molecule has 0 atom stereocenters. The Kier molecular flexibility index (Phi) is 4.57. The van der Waals surface area contributed by atoms with Gasteiger partial charge in [-0.15, -0.1) is 11.3 Å². The Labute approximate surface area is 111 Å². The van der Waals surface area contributed by atoms with Gasteiger partial charge in [0.1, 0.15) is 0 Å². The molecule has 0 aromatic carbocycles. The molecule has 1 N–H and O–H groups in total. The molecule has 2 rings (SSSR count). The van der Waals surface area contributed by atoms with Gasteiger partial charge in [-0.1, -0.05) is 6.92 Å². The number of hydrogen-bond donors (Lipinski definition) is 1. The molecular weight excluding hydrogens is 248 g/mol. The molecule has 5 nitrogen and oxygen atoms in total. The summed E-state index contributed by atoms with van der Waals surface area (Å²) in [5.41, 5.74) is 1.21. The number of anilines is 1. The predicted octanol–water partition coefficient (Wildman–Crippen LogP) is 1.59. The van der Waals surface area contributed by atoms with Crippen molar-refractivity contribution in [2.75, 3.05) is 38.8 Å². The van der Waals surface area contributed by atoms with Gasteiger partial charge in [0.15, 0.2) is 10.8 Å². The van der Waals surface area contributed by atoms with Gasteiger partial charge >= 0.3 is 0 Å². The van der Waals surface area contributed by atoms with E-state index in [0.29, 0.717) is 6.61 Å². The minimum absolute atomic E-state index is 0.711. The maximum atomic E-state index is 5.12. The third-order valence-corrected chi connectivity index (χ3v) is 3.63. The van der Waals surface area contributed by atoms with Crippen molar-refractivity contribution in [2.45, 2.75) is 13.5 Å². The molecule has 2 aromatic rings. The second kappa shape index (κ2) is 6.17. The van der Waals surface area contributed by atoms with Crippen LogP contribution in [0.2, 0.25) is 0 Å². The molecular formula is C12H20N4OS. The average Bonchev–Trinajstić information content (AvgIpc) is 2.94. The summed E-state index contributed by atoms with van der Waals surface area (Å²) in [6.07, 6.45) is 2.08. The van der Waals surface area contributed by atoms with Crippen LogP contribution in [0.3, 0.4) is 0 Å². The van der Waals surface area contributed by atoms with Gasteiger partial charge in [-0.3, -0.25) is 4.40 Å². The quantitative estimate of drug-likeness (QED) is 0.828. The third kappa shape index (κ3) is 2.66. The predicted molar refractivity (Wildman–Crippen MR) is 75.6 cm³/mol. The van der Waals surface area contributed by atoms with Crippen molar-refractivity contribution in [3.05, 3.63) is 17.3 Å². The lowest BCUT2D eigenvalue weighted by molar-refractivity contribution is 0.206. The number of thiazole rings is 1. The first-order valence-corrected chi connectivity index (χ1v) is 7.01. The number of aromatic nitrogens is 2. The summed E-state index contributed by atoms with van der Waals surface area (Å²) in [6, 6.07) is 0. The number of likely N-dealkylation sites (N-methyl/N-ethyl adjacent to an activating group) is 1. The smallest absolute Gasteiger partial charge is 0.195 e. The molecule has 0 amide bonds. The van der Waals surface area contributed by atoms with Crippen LogP contribution in [-0.2, 0) is 11.3 Å². The van der Waals surface area contributed by atoms with E-state index in [0.717, 1.165) is 30.4 Å². The van der Waals surface area contributed by atoms with E-state index >= 15 is 0 Å². The Morgan fingerprint density at radius 2 is 2.39 bits per heavy atom. The normalized spacial score (nSPS) is 11.3. The second-order valence-electron chi connectivity index (χ2n) is 4.13. The van der Waals surface area contributed by atoms with E-state index in [4.69, 9.17) is 9.72 Å². The van der Waals surface area contributed by atoms with Crippen LogP contribution < -0.4 is 10.2 Å². The van der Waals surface area contributed by atoms with Gasteiger partial charge in [0.05, 0.1) is 12.3 Å². The number of hydrogen-bond acceptors (Lipinski definition) is 5. The van der Waals surface area contributed by atoms with Crippen molar-refractivity contribution in [3.63, 3.8) is 0 Å². The van der Waals surface area contributed by atoms with Gasteiger partial charge in [-0.25, -0.2) is 4.98 Å². The van der Waals surface area contributed by atoms with Crippen molar-refractivity contribution in [3.8, 4) is 0 Å². The fraction of sp³-hybridized carbons (Fsp3) is 0.583. The highest BCUT2D eigenvalue weighted by Gasteiger charge is 2.15. The lowest BCUT2D eigenvalue weighted by Crippen LogP contribution is -2.25. The number of nitrogens with one attached hydrogen (secondary N) is 1. The van der Waals surface area contributed by atoms with Gasteiger partial charge in [0.2, 0.25) is 0 Å². The summed E-state index contributed by atoms with van der Waals surface area (Å²) in [7, 11) is 3.78. The molecule has 100 valence electrons. The summed E-state index contributed by atoms with van der Waals surface area (Å²) in [6.45, 7) is 5.46. The highest BCUT2D eigenvalue weighted by molar-refractivity contribution is 7.15. The van der Waals surface area contributed by atoms with Gasteiger partial charge in [-0.2, -0.15) is 0 Å². The summed E-state index contributed by atoms with van der Waals surface area (Å²) in [4.78, 5) is 7.88. The molecule has 0 radical (unpaired) electrons. The molecule has 0 aliphatic carbocycles. The summed E-state index contributed by atoms with van der Waals surface area (Å²) in [5, 5.41) is 5.44. The van der Waals surface area contributed by atoms with E-state index in [1.54, 1.807) is 18.4 Å². The molecule has 0 fully saturated rings. The topological polar surface area (TPSA) is 41.8 Å². The van der Waals surface area contributed by atoms with Crippen LogP contribution in [0, 0.1) is 0 Å². The summed E-state index contributed by atoms with van der Waals surface area (Å²) in [5.74, 6) is 1.04. The minimum atomic E-state index is 0.711. The van der Waals surface area contributed by atoms with E-state index < -0.39 is 0 Å². The van der Waals surface area contributed by atoms with E-state index in [1.807, 2.05) is 0 Å². The van der Waals surface area contributed by atoms with Crippen LogP contribution >= 0.6 is 11.3 Å². The highest BCUT2D eigenvalue weighted by atomic mass is 32.1. The maximum Gasteiger partial charge on any atom is 0.195 e. The van der Waals surface area contributed by atoms with E-state index in [1.165, 1.54) is 5.69 Å². The first kappa shape index (κ1) is 13.3. The van der Waals surface area contributed by atoms with E-state index in [9.17, 15) is 0 Å². The number of fused-ring (bicyclic) bond motifs is 1. The van der Waals surface area contributed by atoms with Crippen LogP contribution in [0.1, 0.15) is 12.6 Å². The molecule has 0 aliphatic heterocycles. The zero-order chi connectivity index (χ0) is 13.0. The molecule has 0 bridgehead atoms. The maximum absolute atomic E-state index is 5.12. The van der Waals surface area contributed by atoms with Gasteiger partial charge in [0, 0.05) is 38.8 Å². The molecule has 0 aliphatic rings. The Bertz CT molecular complexity index is 493. The Balaban J connectivity index is 2.26. The number of methoxy groups -OCH3 is 1. The lowest BCUT2D eigenvalue weighted by atomic mass is 10.3. The molecule has 2 heterocycles. The number of imidazole rings is 1. The van der Waals surface area contributed by atoms with E-state index in [2.05, 4.69) is 40.2 Å². The Morgan fingerprint density at radius 3 is 3.11 bits per heavy atom. The fourth-order valence-corrected chi connectivity index (χ4v) is 2.60. The van der Waals surface area contributed by atoms with Crippen LogP contribution in [0.25, 0.3) is 4.96 Å². The third-order valence-electron chi connectivity index (χ3n) is 2.87. The van der Waals surface area contributed by atoms with Crippen molar-refractivity contribution in [1.29, 1.82) is 0 Å². The van der Waals surface area contributed by atoms with Crippen molar-refractivity contribution < 1.29 is 4.74 Å². The van der Waals surface area contributed by atoms with Crippen LogP contribution in [0.4, 0.5) is 5.82 Å². The van der Waals surface area contributed by atoms with Gasteiger partial charge < -0.3 is 15.0 Å². The molecule has 2 aromatic heterocycles. The largest absolute Gasteiger partial charge is 0.383 e. The van der Waals surface area contributed by atoms with E-state index in [-0.39, 0.29) is 0 Å². The second-order valence-corrected chi connectivity index (χ2v) is 5.01. The van der Waals surface area contributed by atoms with Crippen LogP contribution in [-0.4, -0.2) is 43.2 Å². The molecule has 0 spiro atoms. The molecule has 6 heteroatoms. The number of ether oxygens (including phenoxy) is 1.